The quantitative estimate of drug-likeness (QED) is 0.742. The molecule has 23 heavy (non-hydrogen) atoms. The predicted molar refractivity (Wildman–Crippen MR) is 90.3 cm³/mol. The van der Waals surface area contributed by atoms with Gasteiger partial charge < -0.3 is 14.6 Å². The topological polar surface area (TPSA) is 64.4 Å². The Morgan fingerprint density at radius 3 is 3.00 bits per heavy atom. The molecule has 1 aromatic heterocycles. The lowest BCUT2D eigenvalue weighted by molar-refractivity contribution is -0.120. The van der Waals surface area contributed by atoms with Crippen LogP contribution in [0.2, 0.25) is 0 Å². The first kappa shape index (κ1) is 15.6. The monoisotopic (exact) mass is 374 g/mol. The van der Waals surface area contributed by atoms with Crippen LogP contribution in [0.4, 0.5) is 0 Å². The zero-order chi connectivity index (χ0) is 16.2. The summed E-state index contributed by atoms with van der Waals surface area (Å²) in [5.74, 6) is 0.663. The standard InChI is InChI=1S/C17H15BrN2O3/c1-22-13-4-2-3-11(7-13)10-19-17(21)9-15-14-6-5-12(18)8-16(14)23-20-15/h2-8H,9-10H2,1H3,(H,19,21). The number of nitrogens with zero attached hydrogens (tertiary/aromatic N) is 1. The van der Waals surface area contributed by atoms with Gasteiger partial charge in [0, 0.05) is 16.4 Å². The molecule has 0 aliphatic rings. The van der Waals surface area contributed by atoms with Crippen molar-refractivity contribution in [2.24, 2.45) is 0 Å². The van der Waals surface area contributed by atoms with Crippen molar-refractivity contribution in [1.82, 2.24) is 10.5 Å². The molecule has 0 saturated heterocycles. The molecular weight excluding hydrogens is 360 g/mol. The van der Waals surface area contributed by atoms with E-state index < -0.39 is 0 Å². The fourth-order valence-electron chi connectivity index (χ4n) is 2.29. The highest BCUT2D eigenvalue weighted by atomic mass is 79.9. The van der Waals surface area contributed by atoms with Gasteiger partial charge in [-0.3, -0.25) is 4.79 Å². The van der Waals surface area contributed by atoms with Crippen molar-refractivity contribution in [3.8, 4) is 5.75 Å². The highest BCUT2D eigenvalue weighted by molar-refractivity contribution is 9.10. The number of halogens is 1. The molecule has 0 aliphatic heterocycles. The van der Waals surface area contributed by atoms with E-state index in [2.05, 4.69) is 26.4 Å². The third-order valence-electron chi connectivity index (χ3n) is 3.46. The van der Waals surface area contributed by atoms with Gasteiger partial charge in [0.1, 0.15) is 11.4 Å². The van der Waals surface area contributed by atoms with Crippen LogP contribution in [0.5, 0.6) is 5.75 Å². The summed E-state index contributed by atoms with van der Waals surface area (Å²) in [5, 5.41) is 7.71. The minimum atomic E-state index is -0.106. The van der Waals surface area contributed by atoms with Gasteiger partial charge in [-0.1, -0.05) is 33.2 Å². The van der Waals surface area contributed by atoms with E-state index in [1.807, 2.05) is 42.5 Å². The van der Waals surface area contributed by atoms with E-state index in [1.165, 1.54) is 0 Å². The normalized spacial score (nSPS) is 10.7. The van der Waals surface area contributed by atoms with E-state index in [1.54, 1.807) is 7.11 Å². The van der Waals surface area contributed by atoms with Crippen molar-refractivity contribution in [2.75, 3.05) is 7.11 Å². The van der Waals surface area contributed by atoms with E-state index in [4.69, 9.17) is 9.26 Å². The molecule has 0 bridgehead atoms. The first-order valence-electron chi connectivity index (χ1n) is 7.09. The molecule has 0 saturated carbocycles. The second kappa shape index (κ2) is 6.83. The molecule has 0 fully saturated rings. The fourth-order valence-corrected chi connectivity index (χ4v) is 2.63. The number of hydrogen-bond acceptors (Lipinski definition) is 4. The summed E-state index contributed by atoms with van der Waals surface area (Å²) in [6.07, 6.45) is 0.179. The predicted octanol–water partition coefficient (Wildman–Crippen LogP) is 3.46. The van der Waals surface area contributed by atoms with E-state index in [0.717, 1.165) is 21.2 Å². The van der Waals surface area contributed by atoms with Crippen LogP contribution in [-0.4, -0.2) is 18.2 Å². The zero-order valence-corrected chi connectivity index (χ0v) is 14.1. The number of nitrogens with one attached hydrogen (secondary N) is 1. The number of methoxy groups -OCH3 is 1. The van der Waals surface area contributed by atoms with E-state index >= 15 is 0 Å². The molecule has 0 aliphatic carbocycles. The minimum absolute atomic E-state index is 0.106. The lowest BCUT2D eigenvalue weighted by Gasteiger charge is -2.06. The maximum Gasteiger partial charge on any atom is 0.226 e. The molecule has 118 valence electrons. The highest BCUT2D eigenvalue weighted by Crippen LogP contribution is 2.23. The van der Waals surface area contributed by atoms with Crippen LogP contribution >= 0.6 is 15.9 Å². The largest absolute Gasteiger partial charge is 0.497 e. The summed E-state index contributed by atoms with van der Waals surface area (Å²) in [6.45, 7) is 0.442. The number of carbonyl (C=O) groups is 1. The zero-order valence-electron chi connectivity index (χ0n) is 12.5. The van der Waals surface area contributed by atoms with Crippen LogP contribution in [0.15, 0.2) is 51.5 Å². The third-order valence-corrected chi connectivity index (χ3v) is 3.95. The average molecular weight is 375 g/mol. The number of carbonyl (C=O) groups excluding carboxylic acids is 1. The van der Waals surface area contributed by atoms with Crippen molar-refractivity contribution >= 4 is 32.8 Å². The highest BCUT2D eigenvalue weighted by Gasteiger charge is 2.12. The minimum Gasteiger partial charge on any atom is -0.497 e. The van der Waals surface area contributed by atoms with Crippen LogP contribution in [0.3, 0.4) is 0 Å². The van der Waals surface area contributed by atoms with Gasteiger partial charge in [-0.2, -0.15) is 0 Å². The van der Waals surface area contributed by atoms with E-state index in [0.29, 0.717) is 17.8 Å². The average Bonchev–Trinajstić information content (AvgIpc) is 2.95. The van der Waals surface area contributed by atoms with Crippen LogP contribution in [0.1, 0.15) is 11.3 Å². The summed E-state index contributed by atoms with van der Waals surface area (Å²) in [4.78, 5) is 12.1. The molecule has 0 radical (unpaired) electrons. The van der Waals surface area contributed by atoms with Crippen LogP contribution in [0, 0.1) is 0 Å². The molecule has 2 aromatic carbocycles. The molecule has 3 rings (SSSR count). The molecule has 0 spiro atoms. The number of hydrogen-bond donors (Lipinski definition) is 1. The Balaban J connectivity index is 1.64. The molecule has 1 N–H and O–H groups in total. The number of fused-ring (bicyclic) bond motifs is 1. The summed E-state index contributed by atoms with van der Waals surface area (Å²) < 4.78 is 11.3. The summed E-state index contributed by atoms with van der Waals surface area (Å²) in [6, 6.07) is 13.2. The Morgan fingerprint density at radius 2 is 2.17 bits per heavy atom. The number of ether oxygens (including phenoxy) is 1. The molecule has 0 unspecified atom stereocenters. The number of rotatable bonds is 5. The molecule has 0 atom stereocenters. The first-order chi connectivity index (χ1) is 11.2. The molecule has 1 heterocycles. The maximum absolute atomic E-state index is 12.1. The van der Waals surface area contributed by atoms with Gasteiger partial charge in [-0.15, -0.1) is 0 Å². The van der Waals surface area contributed by atoms with E-state index in [9.17, 15) is 4.79 Å². The molecule has 5 nitrogen and oxygen atoms in total. The van der Waals surface area contributed by atoms with E-state index in [-0.39, 0.29) is 12.3 Å². The second-order valence-corrected chi connectivity index (χ2v) is 5.99. The number of aromatic nitrogens is 1. The fraction of sp³-hybridized carbons (Fsp3) is 0.176. The van der Waals surface area contributed by atoms with Gasteiger partial charge >= 0.3 is 0 Å². The van der Waals surface area contributed by atoms with Crippen molar-refractivity contribution in [1.29, 1.82) is 0 Å². The summed E-state index contributed by atoms with van der Waals surface area (Å²) >= 11 is 3.38. The van der Waals surface area contributed by atoms with Gasteiger partial charge in [0.2, 0.25) is 5.91 Å². The SMILES string of the molecule is COc1cccc(CNC(=O)Cc2noc3cc(Br)ccc23)c1. The van der Waals surface area contributed by atoms with Crippen LogP contribution < -0.4 is 10.1 Å². The van der Waals surface area contributed by atoms with Crippen LogP contribution in [0.25, 0.3) is 11.0 Å². The Labute approximate surface area is 141 Å². The number of benzene rings is 2. The van der Waals surface area contributed by atoms with Gasteiger partial charge in [0.15, 0.2) is 5.58 Å². The van der Waals surface area contributed by atoms with Gasteiger partial charge in [0.25, 0.3) is 0 Å². The third kappa shape index (κ3) is 3.71. The smallest absolute Gasteiger partial charge is 0.226 e. The van der Waals surface area contributed by atoms with Crippen molar-refractivity contribution in [2.45, 2.75) is 13.0 Å². The summed E-state index contributed by atoms with van der Waals surface area (Å²) in [5.41, 5.74) is 2.28. The molecule has 1 amide bonds. The molecular formula is C17H15BrN2O3. The lowest BCUT2D eigenvalue weighted by atomic mass is 10.1. The van der Waals surface area contributed by atoms with Crippen molar-refractivity contribution in [3.05, 3.63) is 58.2 Å². The Kier molecular flexibility index (Phi) is 4.62. The molecule has 6 heteroatoms. The van der Waals surface area contributed by atoms with Gasteiger partial charge in [0.05, 0.1) is 13.5 Å². The maximum atomic E-state index is 12.1. The van der Waals surface area contributed by atoms with Crippen molar-refractivity contribution < 1.29 is 14.1 Å². The Morgan fingerprint density at radius 1 is 1.30 bits per heavy atom. The Hall–Kier alpha value is -2.34. The van der Waals surface area contributed by atoms with Crippen molar-refractivity contribution in [3.63, 3.8) is 0 Å². The van der Waals surface area contributed by atoms with Gasteiger partial charge in [-0.05, 0) is 35.9 Å². The first-order valence-corrected chi connectivity index (χ1v) is 7.88. The molecule has 3 aromatic rings. The van der Waals surface area contributed by atoms with Gasteiger partial charge in [-0.25, -0.2) is 0 Å². The summed E-state index contributed by atoms with van der Waals surface area (Å²) in [7, 11) is 1.62. The Bertz CT molecular complexity index is 845. The second-order valence-electron chi connectivity index (χ2n) is 5.07. The number of amides is 1. The lowest BCUT2D eigenvalue weighted by Crippen LogP contribution is -2.24. The van der Waals surface area contributed by atoms with Crippen LogP contribution in [-0.2, 0) is 17.8 Å².